The van der Waals surface area contributed by atoms with Gasteiger partial charge < -0.3 is 10.1 Å². The molecule has 0 radical (unpaired) electrons. The molecule has 7 heteroatoms. The fourth-order valence-electron chi connectivity index (χ4n) is 3.26. The van der Waals surface area contributed by atoms with Gasteiger partial charge in [0, 0.05) is 50.8 Å². The van der Waals surface area contributed by atoms with E-state index in [9.17, 15) is 4.79 Å². The summed E-state index contributed by atoms with van der Waals surface area (Å²) < 4.78 is 7.65. The fraction of sp³-hybridized carbons (Fsp3) is 0.579. The summed E-state index contributed by atoms with van der Waals surface area (Å²) in [5, 5.41) is 7.22. The second kappa shape index (κ2) is 7.95. The van der Waals surface area contributed by atoms with Gasteiger partial charge in [-0.25, -0.2) is 9.97 Å². The first kappa shape index (κ1) is 18.5. The SMILES string of the molecule is Cc1nn(C)cc1CCC(=O)NCc1cnc([C@]2(C)CCCCO2)nc1. The van der Waals surface area contributed by atoms with Crippen LogP contribution in [0.15, 0.2) is 18.6 Å². The molecule has 1 aliphatic rings. The van der Waals surface area contributed by atoms with Gasteiger partial charge in [0.25, 0.3) is 0 Å². The second-order valence-electron chi connectivity index (χ2n) is 7.14. The van der Waals surface area contributed by atoms with Crippen molar-refractivity contribution in [2.75, 3.05) is 6.61 Å². The van der Waals surface area contributed by atoms with Crippen LogP contribution < -0.4 is 5.32 Å². The molecule has 3 heterocycles. The van der Waals surface area contributed by atoms with Crippen molar-refractivity contribution in [3.63, 3.8) is 0 Å². The summed E-state index contributed by atoms with van der Waals surface area (Å²) in [6.45, 7) is 5.20. The molecule has 2 aromatic rings. The predicted molar refractivity (Wildman–Crippen MR) is 97.3 cm³/mol. The van der Waals surface area contributed by atoms with Crippen molar-refractivity contribution in [1.29, 1.82) is 0 Å². The highest BCUT2D eigenvalue weighted by molar-refractivity contribution is 5.76. The van der Waals surface area contributed by atoms with Gasteiger partial charge in [-0.3, -0.25) is 9.48 Å². The van der Waals surface area contributed by atoms with E-state index < -0.39 is 0 Å². The molecule has 0 bridgehead atoms. The number of nitrogens with zero attached hydrogens (tertiary/aromatic N) is 4. The van der Waals surface area contributed by atoms with Crippen LogP contribution in [0.2, 0.25) is 0 Å². The number of carbonyl (C=O) groups is 1. The average Bonchev–Trinajstić information content (AvgIpc) is 2.96. The topological polar surface area (TPSA) is 81.9 Å². The Bertz CT molecular complexity index is 748. The number of ether oxygens (including phenoxy) is 1. The lowest BCUT2D eigenvalue weighted by atomic mass is 9.95. The molecule has 1 saturated heterocycles. The highest BCUT2D eigenvalue weighted by Gasteiger charge is 2.32. The van der Waals surface area contributed by atoms with Crippen molar-refractivity contribution in [2.24, 2.45) is 7.05 Å². The smallest absolute Gasteiger partial charge is 0.220 e. The van der Waals surface area contributed by atoms with Crippen LogP contribution in [0.4, 0.5) is 0 Å². The lowest BCUT2D eigenvalue weighted by Gasteiger charge is -2.32. The summed E-state index contributed by atoms with van der Waals surface area (Å²) in [5.41, 5.74) is 2.58. The molecule has 0 aromatic carbocycles. The van der Waals surface area contributed by atoms with E-state index in [1.165, 1.54) is 0 Å². The van der Waals surface area contributed by atoms with Gasteiger partial charge in [0.15, 0.2) is 5.82 Å². The van der Waals surface area contributed by atoms with Crippen LogP contribution in [-0.4, -0.2) is 32.3 Å². The van der Waals surface area contributed by atoms with Gasteiger partial charge in [0.2, 0.25) is 5.91 Å². The molecule has 1 amide bonds. The average molecular weight is 357 g/mol. The van der Waals surface area contributed by atoms with E-state index >= 15 is 0 Å². The third-order valence-electron chi connectivity index (χ3n) is 4.87. The van der Waals surface area contributed by atoms with Crippen molar-refractivity contribution >= 4 is 5.91 Å². The maximum Gasteiger partial charge on any atom is 0.220 e. The van der Waals surface area contributed by atoms with Crippen molar-refractivity contribution in [3.05, 3.63) is 41.2 Å². The van der Waals surface area contributed by atoms with Gasteiger partial charge in [-0.05, 0) is 45.1 Å². The summed E-state index contributed by atoms with van der Waals surface area (Å²) in [4.78, 5) is 21.0. The number of hydrogen-bond acceptors (Lipinski definition) is 5. The summed E-state index contributed by atoms with van der Waals surface area (Å²) in [5.74, 6) is 0.735. The Kier molecular flexibility index (Phi) is 5.66. The standard InChI is InChI=1S/C19H27N5O2/c1-14-16(13-24(3)23-14)6-7-17(25)20-10-15-11-21-18(22-12-15)19(2)8-4-5-9-26-19/h11-13H,4-10H2,1-3H3,(H,20,25)/t19-/m0/s1. The number of nitrogens with one attached hydrogen (secondary N) is 1. The van der Waals surface area contributed by atoms with Crippen LogP contribution in [0.25, 0.3) is 0 Å². The molecule has 1 N–H and O–H groups in total. The Morgan fingerprint density at radius 2 is 2.12 bits per heavy atom. The molecule has 7 nitrogen and oxygen atoms in total. The van der Waals surface area contributed by atoms with E-state index in [-0.39, 0.29) is 11.5 Å². The highest BCUT2D eigenvalue weighted by Crippen LogP contribution is 2.32. The number of carbonyl (C=O) groups excluding carboxylic acids is 1. The van der Waals surface area contributed by atoms with Gasteiger partial charge in [-0.1, -0.05) is 0 Å². The minimum atomic E-state index is -0.387. The van der Waals surface area contributed by atoms with Crippen molar-refractivity contribution in [3.8, 4) is 0 Å². The first-order valence-electron chi connectivity index (χ1n) is 9.17. The van der Waals surface area contributed by atoms with Crippen LogP contribution in [0.5, 0.6) is 0 Å². The first-order chi connectivity index (χ1) is 12.5. The quantitative estimate of drug-likeness (QED) is 0.857. The van der Waals surface area contributed by atoms with Gasteiger partial charge in [-0.15, -0.1) is 0 Å². The molecule has 2 aromatic heterocycles. The molecule has 1 fully saturated rings. The maximum atomic E-state index is 12.1. The molecular formula is C19H27N5O2. The largest absolute Gasteiger partial charge is 0.367 e. The molecule has 1 aliphatic heterocycles. The van der Waals surface area contributed by atoms with Gasteiger partial charge in [-0.2, -0.15) is 5.10 Å². The molecule has 3 rings (SSSR count). The zero-order valence-corrected chi connectivity index (χ0v) is 15.8. The van der Waals surface area contributed by atoms with Crippen LogP contribution in [0, 0.1) is 6.92 Å². The number of aryl methyl sites for hydroxylation is 3. The lowest BCUT2D eigenvalue weighted by molar-refractivity contribution is -0.121. The van der Waals surface area contributed by atoms with E-state index in [1.807, 2.05) is 27.1 Å². The Labute approximate surface area is 154 Å². The summed E-state index contributed by atoms with van der Waals surface area (Å²) in [6, 6.07) is 0. The zero-order chi connectivity index (χ0) is 18.6. The highest BCUT2D eigenvalue weighted by atomic mass is 16.5. The summed E-state index contributed by atoms with van der Waals surface area (Å²) >= 11 is 0. The minimum Gasteiger partial charge on any atom is -0.367 e. The molecule has 0 unspecified atom stereocenters. The fourth-order valence-corrected chi connectivity index (χ4v) is 3.26. The third kappa shape index (κ3) is 4.46. The molecule has 1 atom stereocenters. The van der Waals surface area contributed by atoms with Crippen LogP contribution in [-0.2, 0) is 35.1 Å². The van der Waals surface area contributed by atoms with E-state index in [4.69, 9.17) is 4.74 Å². The van der Waals surface area contributed by atoms with Crippen LogP contribution >= 0.6 is 0 Å². The minimum absolute atomic E-state index is 0.0138. The number of amides is 1. The first-order valence-corrected chi connectivity index (χ1v) is 9.17. The van der Waals surface area contributed by atoms with Gasteiger partial charge in [0.1, 0.15) is 5.60 Å². The predicted octanol–water partition coefficient (Wildman–Crippen LogP) is 2.18. The van der Waals surface area contributed by atoms with Crippen LogP contribution in [0.1, 0.15) is 55.3 Å². The number of aromatic nitrogens is 4. The third-order valence-corrected chi connectivity index (χ3v) is 4.87. The molecule has 0 spiro atoms. The van der Waals surface area contributed by atoms with Crippen molar-refractivity contribution in [2.45, 2.75) is 58.1 Å². The zero-order valence-electron chi connectivity index (χ0n) is 15.8. The van der Waals surface area contributed by atoms with Crippen LogP contribution in [0.3, 0.4) is 0 Å². The molecule has 26 heavy (non-hydrogen) atoms. The number of rotatable bonds is 6. The lowest BCUT2D eigenvalue weighted by Crippen LogP contribution is -2.32. The van der Waals surface area contributed by atoms with Gasteiger partial charge in [0.05, 0.1) is 5.69 Å². The monoisotopic (exact) mass is 357 g/mol. The van der Waals surface area contributed by atoms with Crippen molar-refractivity contribution < 1.29 is 9.53 Å². The molecule has 140 valence electrons. The Morgan fingerprint density at radius 3 is 2.73 bits per heavy atom. The number of hydrogen-bond donors (Lipinski definition) is 1. The molecular weight excluding hydrogens is 330 g/mol. The molecule has 0 saturated carbocycles. The Balaban J connectivity index is 1.48. The Morgan fingerprint density at radius 1 is 1.35 bits per heavy atom. The second-order valence-corrected chi connectivity index (χ2v) is 7.14. The molecule has 0 aliphatic carbocycles. The van der Waals surface area contributed by atoms with Crippen molar-refractivity contribution in [1.82, 2.24) is 25.1 Å². The van der Waals surface area contributed by atoms with Gasteiger partial charge >= 0.3 is 0 Å². The summed E-state index contributed by atoms with van der Waals surface area (Å²) in [6.07, 6.45) is 9.81. The van der Waals surface area contributed by atoms with E-state index in [1.54, 1.807) is 17.1 Å². The maximum absolute atomic E-state index is 12.1. The normalized spacial score (nSPS) is 20.1. The summed E-state index contributed by atoms with van der Waals surface area (Å²) in [7, 11) is 1.89. The Hall–Kier alpha value is -2.28. The van der Waals surface area contributed by atoms with E-state index in [2.05, 4.69) is 20.4 Å². The van der Waals surface area contributed by atoms with E-state index in [0.29, 0.717) is 19.4 Å². The van der Waals surface area contributed by atoms with E-state index in [0.717, 1.165) is 48.5 Å².